The monoisotopic (exact) mass is 242 g/mol. The largest absolute Gasteiger partial charge is 0.396 e. The molecule has 1 aliphatic heterocycles. The second-order valence-electron chi connectivity index (χ2n) is 5.84. The van der Waals surface area contributed by atoms with Gasteiger partial charge in [-0.2, -0.15) is 0 Å². The van der Waals surface area contributed by atoms with Gasteiger partial charge >= 0.3 is 0 Å². The average molecular weight is 242 g/mol. The van der Waals surface area contributed by atoms with Crippen molar-refractivity contribution >= 4 is 0 Å². The van der Waals surface area contributed by atoms with E-state index in [0.29, 0.717) is 12.6 Å². The van der Waals surface area contributed by atoms with Crippen LogP contribution in [0.1, 0.15) is 39.5 Å². The van der Waals surface area contributed by atoms with E-state index < -0.39 is 0 Å². The van der Waals surface area contributed by atoms with E-state index >= 15 is 0 Å². The van der Waals surface area contributed by atoms with Gasteiger partial charge in [-0.05, 0) is 46.3 Å². The van der Waals surface area contributed by atoms with Crippen molar-refractivity contribution < 1.29 is 5.11 Å². The fourth-order valence-electron chi connectivity index (χ4n) is 2.90. The second-order valence-corrected chi connectivity index (χ2v) is 5.84. The summed E-state index contributed by atoms with van der Waals surface area (Å²) in [6, 6.07) is 0.665. The first kappa shape index (κ1) is 14.9. The molecule has 1 heterocycles. The van der Waals surface area contributed by atoms with Crippen molar-refractivity contribution in [3.05, 3.63) is 0 Å². The molecule has 0 saturated carbocycles. The molecule has 1 N–H and O–H groups in total. The summed E-state index contributed by atoms with van der Waals surface area (Å²) in [4.78, 5) is 4.89. The van der Waals surface area contributed by atoms with Crippen LogP contribution in [0.4, 0.5) is 0 Å². The summed E-state index contributed by atoms with van der Waals surface area (Å²) in [5.41, 5.74) is 0.102. The van der Waals surface area contributed by atoms with E-state index in [9.17, 15) is 5.11 Å². The molecule has 1 atom stereocenters. The minimum atomic E-state index is 0.102. The molecule has 102 valence electrons. The number of nitrogens with zero attached hydrogens (tertiary/aromatic N) is 2. The fourth-order valence-corrected chi connectivity index (χ4v) is 2.90. The van der Waals surface area contributed by atoms with Crippen LogP contribution in [-0.4, -0.2) is 61.3 Å². The van der Waals surface area contributed by atoms with Crippen LogP contribution in [-0.2, 0) is 0 Å². The Balaban J connectivity index is 2.54. The molecule has 0 aromatic rings. The Bertz CT molecular complexity index is 208. The van der Waals surface area contributed by atoms with Gasteiger partial charge < -0.3 is 14.9 Å². The van der Waals surface area contributed by atoms with Gasteiger partial charge in [0.2, 0.25) is 0 Å². The van der Waals surface area contributed by atoms with Crippen molar-refractivity contribution in [1.82, 2.24) is 9.80 Å². The van der Waals surface area contributed by atoms with Crippen LogP contribution in [0.2, 0.25) is 0 Å². The van der Waals surface area contributed by atoms with Crippen LogP contribution >= 0.6 is 0 Å². The van der Waals surface area contributed by atoms with Crippen LogP contribution in [0.15, 0.2) is 0 Å². The van der Waals surface area contributed by atoms with Gasteiger partial charge in [0.25, 0.3) is 0 Å². The molecule has 0 bridgehead atoms. The SMILES string of the molecule is CCC(CC)(CO)CN(C)C1CCCN(C)C1. The van der Waals surface area contributed by atoms with E-state index in [-0.39, 0.29) is 5.41 Å². The Morgan fingerprint density at radius 3 is 2.47 bits per heavy atom. The number of aliphatic hydroxyl groups is 1. The van der Waals surface area contributed by atoms with Crippen molar-refractivity contribution in [1.29, 1.82) is 0 Å². The molecule has 3 nitrogen and oxygen atoms in total. The number of likely N-dealkylation sites (N-methyl/N-ethyl adjacent to an activating group) is 2. The van der Waals surface area contributed by atoms with Crippen molar-refractivity contribution in [2.75, 3.05) is 40.3 Å². The molecule has 0 aromatic carbocycles. The maximum absolute atomic E-state index is 9.64. The molecule has 0 amide bonds. The van der Waals surface area contributed by atoms with E-state index in [2.05, 4.69) is 37.7 Å². The van der Waals surface area contributed by atoms with E-state index in [1.54, 1.807) is 0 Å². The van der Waals surface area contributed by atoms with Crippen molar-refractivity contribution in [2.24, 2.45) is 5.41 Å². The molecule has 3 heteroatoms. The number of hydrogen-bond acceptors (Lipinski definition) is 3. The Kier molecular flexibility index (Phi) is 5.90. The highest BCUT2D eigenvalue weighted by Gasteiger charge is 2.30. The highest BCUT2D eigenvalue weighted by Crippen LogP contribution is 2.28. The standard InChI is InChI=1S/C14H30N2O/c1-5-14(6-2,12-17)11-16(4)13-8-7-9-15(3)10-13/h13,17H,5-12H2,1-4H3. The zero-order valence-corrected chi connectivity index (χ0v) is 12.1. The Hall–Kier alpha value is -0.120. The van der Waals surface area contributed by atoms with Gasteiger partial charge in [0.1, 0.15) is 0 Å². The summed E-state index contributed by atoms with van der Waals surface area (Å²) < 4.78 is 0. The molecule has 17 heavy (non-hydrogen) atoms. The lowest BCUT2D eigenvalue weighted by Crippen LogP contribution is -2.49. The molecular formula is C14H30N2O. The molecule has 1 saturated heterocycles. The molecule has 0 radical (unpaired) electrons. The zero-order valence-electron chi connectivity index (χ0n) is 12.1. The quantitative estimate of drug-likeness (QED) is 0.769. The number of aliphatic hydroxyl groups excluding tert-OH is 1. The van der Waals surface area contributed by atoms with Crippen LogP contribution in [0, 0.1) is 5.41 Å². The zero-order chi connectivity index (χ0) is 12.9. The summed E-state index contributed by atoms with van der Waals surface area (Å²) in [6.45, 7) is 8.13. The van der Waals surface area contributed by atoms with Gasteiger partial charge in [0, 0.05) is 31.2 Å². The number of rotatable bonds is 6. The van der Waals surface area contributed by atoms with Crippen molar-refractivity contribution in [2.45, 2.75) is 45.6 Å². The number of hydrogen-bond donors (Lipinski definition) is 1. The molecule has 0 spiro atoms. The molecule has 1 fully saturated rings. The molecule has 1 aliphatic rings. The van der Waals surface area contributed by atoms with Crippen LogP contribution in [0.5, 0.6) is 0 Å². The summed E-state index contributed by atoms with van der Waals surface area (Å²) in [7, 11) is 4.43. The molecule has 1 rings (SSSR count). The Labute approximate surface area is 107 Å². The first-order valence-electron chi connectivity index (χ1n) is 7.06. The van der Waals surface area contributed by atoms with Gasteiger partial charge in [-0.1, -0.05) is 13.8 Å². The predicted molar refractivity (Wildman–Crippen MR) is 73.2 cm³/mol. The van der Waals surface area contributed by atoms with Gasteiger partial charge in [0.15, 0.2) is 0 Å². The topological polar surface area (TPSA) is 26.7 Å². The van der Waals surface area contributed by atoms with E-state index in [1.165, 1.54) is 25.9 Å². The number of piperidine rings is 1. The van der Waals surface area contributed by atoms with Gasteiger partial charge in [-0.25, -0.2) is 0 Å². The summed E-state index contributed by atoms with van der Waals surface area (Å²) in [5, 5.41) is 9.64. The third-order valence-corrected chi connectivity index (χ3v) is 4.64. The van der Waals surface area contributed by atoms with E-state index in [1.807, 2.05) is 0 Å². The normalized spacial score (nSPS) is 23.3. The minimum Gasteiger partial charge on any atom is -0.396 e. The first-order valence-corrected chi connectivity index (χ1v) is 7.06. The van der Waals surface area contributed by atoms with Crippen LogP contribution in [0.3, 0.4) is 0 Å². The van der Waals surface area contributed by atoms with Gasteiger partial charge in [0.05, 0.1) is 0 Å². The van der Waals surface area contributed by atoms with Crippen LogP contribution < -0.4 is 0 Å². The molecule has 1 unspecified atom stereocenters. The third kappa shape index (κ3) is 3.94. The van der Waals surface area contributed by atoms with Gasteiger partial charge in [-0.3, -0.25) is 0 Å². The van der Waals surface area contributed by atoms with E-state index in [4.69, 9.17) is 0 Å². The van der Waals surface area contributed by atoms with Gasteiger partial charge in [-0.15, -0.1) is 0 Å². The molecule has 0 aliphatic carbocycles. The summed E-state index contributed by atoms with van der Waals surface area (Å²) >= 11 is 0. The summed E-state index contributed by atoms with van der Waals surface area (Å²) in [6.07, 6.45) is 4.73. The second kappa shape index (κ2) is 6.72. The van der Waals surface area contributed by atoms with Crippen molar-refractivity contribution in [3.8, 4) is 0 Å². The van der Waals surface area contributed by atoms with Crippen LogP contribution in [0.25, 0.3) is 0 Å². The highest BCUT2D eigenvalue weighted by molar-refractivity contribution is 4.84. The fraction of sp³-hybridized carbons (Fsp3) is 1.00. The Morgan fingerprint density at radius 1 is 1.35 bits per heavy atom. The lowest BCUT2D eigenvalue weighted by molar-refractivity contribution is 0.0418. The predicted octanol–water partition coefficient (Wildman–Crippen LogP) is 1.81. The minimum absolute atomic E-state index is 0.102. The average Bonchev–Trinajstić information content (AvgIpc) is 2.36. The Morgan fingerprint density at radius 2 is 2.00 bits per heavy atom. The highest BCUT2D eigenvalue weighted by atomic mass is 16.3. The third-order valence-electron chi connectivity index (χ3n) is 4.64. The maximum Gasteiger partial charge on any atom is 0.0499 e. The molecular weight excluding hydrogens is 212 g/mol. The first-order chi connectivity index (χ1) is 8.06. The van der Waals surface area contributed by atoms with E-state index in [0.717, 1.165) is 19.4 Å². The smallest absolute Gasteiger partial charge is 0.0499 e. The molecule has 0 aromatic heterocycles. The summed E-state index contributed by atoms with van der Waals surface area (Å²) in [5.74, 6) is 0. The maximum atomic E-state index is 9.64. The van der Waals surface area contributed by atoms with Crippen molar-refractivity contribution in [3.63, 3.8) is 0 Å². The lowest BCUT2D eigenvalue weighted by atomic mass is 9.82. The lowest BCUT2D eigenvalue weighted by Gasteiger charge is -2.41. The number of likely N-dealkylation sites (tertiary alicyclic amines) is 1.